The summed E-state index contributed by atoms with van der Waals surface area (Å²) in [5.41, 5.74) is 11.1. The predicted octanol–water partition coefficient (Wildman–Crippen LogP) is 2.69. The van der Waals surface area contributed by atoms with Crippen molar-refractivity contribution in [2.75, 3.05) is 6.54 Å². The van der Waals surface area contributed by atoms with Crippen LogP contribution in [0, 0.1) is 13.8 Å². The Kier molecular flexibility index (Phi) is 3.01. The Hall–Kier alpha value is -1.28. The maximum Gasteiger partial charge on any atom is 0.0512 e. The normalized spacial score (nSPS) is 11.2. The summed E-state index contributed by atoms with van der Waals surface area (Å²) in [4.78, 5) is 0. The summed E-state index contributed by atoms with van der Waals surface area (Å²) >= 11 is 0. The summed E-state index contributed by atoms with van der Waals surface area (Å²) in [6.45, 7) is 5.13. The van der Waals surface area contributed by atoms with Gasteiger partial charge in [0.25, 0.3) is 0 Å². The van der Waals surface area contributed by atoms with Crippen molar-refractivity contribution in [2.24, 2.45) is 12.8 Å². The lowest BCUT2D eigenvalue weighted by molar-refractivity contribution is 0.830. The molecule has 0 amide bonds. The number of fused-ring (bicyclic) bond motifs is 1. The van der Waals surface area contributed by atoms with Gasteiger partial charge in [-0.1, -0.05) is 12.1 Å². The molecule has 1 aromatic heterocycles. The van der Waals surface area contributed by atoms with Crippen molar-refractivity contribution in [3.05, 3.63) is 35.0 Å². The first kappa shape index (κ1) is 11.2. The Morgan fingerprint density at radius 3 is 2.56 bits per heavy atom. The molecular formula is C14H20N2. The second kappa shape index (κ2) is 4.30. The molecule has 0 saturated heterocycles. The summed E-state index contributed by atoms with van der Waals surface area (Å²) in [5.74, 6) is 0. The monoisotopic (exact) mass is 216 g/mol. The number of benzene rings is 1. The summed E-state index contributed by atoms with van der Waals surface area (Å²) < 4.78 is 2.24. The molecule has 1 heterocycles. The molecule has 0 aliphatic carbocycles. The van der Waals surface area contributed by atoms with Gasteiger partial charge >= 0.3 is 0 Å². The van der Waals surface area contributed by atoms with E-state index in [0.717, 1.165) is 19.4 Å². The quantitative estimate of drug-likeness (QED) is 0.840. The maximum atomic E-state index is 5.59. The second-order valence-corrected chi connectivity index (χ2v) is 4.58. The van der Waals surface area contributed by atoms with Crippen molar-refractivity contribution < 1.29 is 0 Å². The van der Waals surface area contributed by atoms with E-state index < -0.39 is 0 Å². The van der Waals surface area contributed by atoms with Crippen LogP contribution in [0.1, 0.15) is 23.1 Å². The fourth-order valence-electron chi connectivity index (χ4n) is 2.50. The Morgan fingerprint density at radius 2 is 1.88 bits per heavy atom. The number of aryl methyl sites for hydroxylation is 4. The third-order valence-electron chi connectivity index (χ3n) is 3.26. The van der Waals surface area contributed by atoms with Crippen LogP contribution in [0.4, 0.5) is 0 Å². The third kappa shape index (κ3) is 1.74. The average Bonchev–Trinajstić information content (AvgIpc) is 2.59. The van der Waals surface area contributed by atoms with Crippen molar-refractivity contribution in [1.82, 2.24) is 4.57 Å². The molecule has 16 heavy (non-hydrogen) atoms. The molecule has 0 aliphatic heterocycles. The fourth-order valence-corrected chi connectivity index (χ4v) is 2.50. The van der Waals surface area contributed by atoms with Crippen molar-refractivity contribution in [2.45, 2.75) is 26.7 Å². The molecule has 2 rings (SSSR count). The van der Waals surface area contributed by atoms with Gasteiger partial charge in [-0.15, -0.1) is 0 Å². The Bertz CT molecular complexity index is 509. The summed E-state index contributed by atoms with van der Waals surface area (Å²) in [6, 6.07) is 4.41. The van der Waals surface area contributed by atoms with Gasteiger partial charge < -0.3 is 10.3 Å². The van der Waals surface area contributed by atoms with Crippen LogP contribution in [0.15, 0.2) is 18.3 Å². The average molecular weight is 216 g/mol. The molecule has 0 unspecified atom stereocenters. The van der Waals surface area contributed by atoms with Crippen LogP contribution in [-0.2, 0) is 13.5 Å². The highest BCUT2D eigenvalue weighted by Gasteiger charge is 2.10. The van der Waals surface area contributed by atoms with E-state index in [1.54, 1.807) is 0 Å². The van der Waals surface area contributed by atoms with E-state index in [1.807, 2.05) is 0 Å². The Balaban J connectivity index is 2.63. The van der Waals surface area contributed by atoms with Crippen LogP contribution in [-0.4, -0.2) is 11.1 Å². The van der Waals surface area contributed by atoms with Crippen molar-refractivity contribution in [3.63, 3.8) is 0 Å². The molecule has 2 N–H and O–H groups in total. The van der Waals surface area contributed by atoms with Gasteiger partial charge in [0.2, 0.25) is 0 Å². The van der Waals surface area contributed by atoms with E-state index in [9.17, 15) is 0 Å². The minimum atomic E-state index is 0.765. The van der Waals surface area contributed by atoms with E-state index in [0.29, 0.717) is 0 Å². The zero-order valence-electron chi connectivity index (χ0n) is 10.4. The molecule has 86 valence electrons. The highest BCUT2D eigenvalue weighted by atomic mass is 14.9. The number of hydrogen-bond acceptors (Lipinski definition) is 1. The first-order valence-corrected chi connectivity index (χ1v) is 5.89. The zero-order valence-corrected chi connectivity index (χ0v) is 10.4. The lowest BCUT2D eigenvalue weighted by Gasteiger charge is -2.04. The molecule has 2 heteroatoms. The molecule has 0 radical (unpaired) electrons. The molecule has 2 nitrogen and oxygen atoms in total. The van der Waals surface area contributed by atoms with Gasteiger partial charge in [-0.2, -0.15) is 0 Å². The minimum absolute atomic E-state index is 0.765. The largest absolute Gasteiger partial charge is 0.350 e. The van der Waals surface area contributed by atoms with Gasteiger partial charge in [-0.25, -0.2) is 0 Å². The van der Waals surface area contributed by atoms with E-state index >= 15 is 0 Å². The standard InChI is InChI=1S/C14H20N2/c1-10-6-7-11(2)14-13(10)12(5-4-8-15)9-16(14)3/h6-7,9H,4-5,8,15H2,1-3H3. The van der Waals surface area contributed by atoms with Crippen molar-refractivity contribution >= 4 is 10.9 Å². The van der Waals surface area contributed by atoms with Crippen LogP contribution in [0.5, 0.6) is 0 Å². The lowest BCUT2D eigenvalue weighted by Crippen LogP contribution is -2.00. The second-order valence-electron chi connectivity index (χ2n) is 4.58. The molecule has 0 bridgehead atoms. The molecule has 0 saturated carbocycles. The summed E-state index contributed by atoms with van der Waals surface area (Å²) in [5, 5.41) is 1.43. The fraction of sp³-hybridized carbons (Fsp3) is 0.429. The maximum absolute atomic E-state index is 5.59. The predicted molar refractivity (Wildman–Crippen MR) is 69.8 cm³/mol. The van der Waals surface area contributed by atoms with Crippen LogP contribution in [0.3, 0.4) is 0 Å². The zero-order chi connectivity index (χ0) is 11.7. The van der Waals surface area contributed by atoms with E-state index in [1.165, 1.54) is 27.6 Å². The van der Waals surface area contributed by atoms with Gasteiger partial charge in [0.15, 0.2) is 0 Å². The number of nitrogens with two attached hydrogens (primary N) is 1. The number of nitrogens with zero attached hydrogens (tertiary/aromatic N) is 1. The molecule has 0 atom stereocenters. The van der Waals surface area contributed by atoms with Gasteiger partial charge in [0, 0.05) is 18.6 Å². The Morgan fingerprint density at radius 1 is 1.19 bits per heavy atom. The van der Waals surface area contributed by atoms with Gasteiger partial charge in [0.1, 0.15) is 0 Å². The molecular weight excluding hydrogens is 196 g/mol. The van der Waals surface area contributed by atoms with E-state index in [2.05, 4.69) is 43.8 Å². The minimum Gasteiger partial charge on any atom is -0.350 e. The van der Waals surface area contributed by atoms with Crippen molar-refractivity contribution in [1.29, 1.82) is 0 Å². The number of aromatic nitrogens is 1. The van der Waals surface area contributed by atoms with Crippen LogP contribution in [0.2, 0.25) is 0 Å². The first-order chi connectivity index (χ1) is 7.65. The molecule has 1 aromatic carbocycles. The SMILES string of the molecule is Cc1ccc(C)c2c1c(CCCN)cn2C. The topological polar surface area (TPSA) is 30.9 Å². The summed E-state index contributed by atoms with van der Waals surface area (Å²) in [7, 11) is 2.13. The van der Waals surface area contributed by atoms with E-state index in [-0.39, 0.29) is 0 Å². The van der Waals surface area contributed by atoms with Crippen LogP contribution < -0.4 is 5.73 Å². The number of rotatable bonds is 3. The number of hydrogen-bond donors (Lipinski definition) is 1. The molecule has 0 aliphatic rings. The molecule has 0 fully saturated rings. The summed E-state index contributed by atoms with van der Waals surface area (Å²) in [6.07, 6.45) is 4.39. The smallest absolute Gasteiger partial charge is 0.0512 e. The third-order valence-corrected chi connectivity index (χ3v) is 3.26. The van der Waals surface area contributed by atoms with Gasteiger partial charge in [0.05, 0.1) is 5.52 Å². The molecule has 2 aromatic rings. The van der Waals surface area contributed by atoms with E-state index in [4.69, 9.17) is 5.73 Å². The first-order valence-electron chi connectivity index (χ1n) is 5.89. The highest BCUT2D eigenvalue weighted by molar-refractivity contribution is 5.89. The highest BCUT2D eigenvalue weighted by Crippen LogP contribution is 2.27. The Labute approximate surface area is 97.1 Å². The van der Waals surface area contributed by atoms with Gasteiger partial charge in [-0.3, -0.25) is 0 Å². The van der Waals surface area contributed by atoms with Gasteiger partial charge in [-0.05, 0) is 49.9 Å². The van der Waals surface area contributed by atoms with Crippen LogP contribution >= 0.6 is 0 Å². The van der Waals surface area contributed by atoms with Crippen molar-refractivity contribution in [3.8, 4) is 0 Å². The molecule has 0 spiro atoms. The lowest BCUT2D eigenvalue weighted by atomic mass is 10.0. The van der Waals surface area contributed by atoms with Crippen LogP contribution in [0.25, 0.3) is 10.9 Å².